The fourth-order valence-electron chi connectivity index (χ4n) is 2.58. The second-order valence-corrected chi connectivity index (χ2v) is 5.86. The van der Waals surface area contributed by atoms with Gasteiger partial charge in [-0.1, -0.05) is 12.1 Å². The lowest BCUT2D eigenvalue weighted by molar-refractivity contribution is 0.247. The minimum atomic E-state index is -0.272. The van der Waals surface area contributed by atoms with Crippen LogP contribution in [0.15, 0.2) is 37.2 Å². The zero-order valence-electron chi connectivity index (χ0n) is 14.3. The molecule has 0 aliphatic rings. The third-order valence-electron chi connectivity index (χ3n) is 3.84. The Bertz CT molecular complexity index is 855. The molecular weight excluding hydrogens is 320 g/mol. The van der Waals surface area contributed by atoms with Crippen LogP contribution in [0, 0.1) is 6.92 Å². The van der Waals surface area contributed by atoms with E-state index in [1.54, 1.807) is 17.3 Å². The smallest absolute Gasteiger partial charge is 0.319 e. The van der Waals surface area contributed by atoms with Crippen LogP contribution in [0.4, 0.5) is 10.5 Å². The number of urea groups is 1. The minimum absolute atomic E-state index is 0.0936. The number of amides is 2. The maximum Gasteiger partial charge on any atom is 0.319 e. The van der Waals surface area contributed by atoms with E-state index in [0.29, 0.717) is 6.54 Å². The van der Waals surface area contributed by atoms with Crippen molar-refractivity contribution in [3.63, 3.8) is 0 Å². The molecule has 25 heavy (non-hydrogen) atoms. The zero-order chi connectivity index (χ0) is 17.8. The molecular formula is C16H20N8O. The average Bonchev–Trinajstić information content (AvgIpc) is 3.21. The van der Waals surface area contributed by atoms with Crippen molar-refractivity contribution in [2.24, 2.45) is 7.05 Å². The lowest BCUT2D eigenvalue weighted by atomic mass is 10.1. The van der Waals surface area contributed by atoms with Crippen LogP contribution in [-0.2, 0) is 13.6 Å². The molecule has 0 aliphatic heterocycles. The average molecular weight is 340 g/mol. The van der Waals surface area contributed by atoms with E-state index >= 15 is 0 Å². The van der Waals surface area contributed by atoms with Crippen molar-refractivity contribution in [1.29, 1.82) is 0 Å². The van der Waals surface area contributed by atoms with Crippen molar-refractivity contribution in [3.05, 3.63) is 42.7 Å². The summed E-state index contributed by atoms with van der Waals surface area (Å²) in [4.78, 5) is 16.2. The van der Waals surface area contributed by atoms with Gasteiger partial charge in [0.25, 0.3) is 0 Å². The molecule has 130 valence electrons. The molecule has 9 heteroatoms. The van der Waals surface area contributed by atoms with E-state index in [4.69, 9.17) is 0 Å². The number of aryl methyl sites for hydroxylation is 1. The van der Waals surface area contributed by atoms with Crippen LogP contribution in [0.2, 0.25) is 0 Å². The molecule has 0 fully saturated rings. The number of anilines is 1. The summed E-state index contributed by atoms with van der Waals surface area (Å²) in [6.07, 6.45) is 4.73. The van der Waals surface area contributed by atoms with E-state index in [1.165, 1.54) is 6.33 Å². The highest BCUT2D eigenvalue weighted by Crippen LogP contribution is 2.26. The fraction of sp³-hybridized carbons (Fsp3) is 0.312. The van der Waals surface area contributed by atoms with Crippen LogP contribution in [0.3, 0.4) is 0 Å². The fourth-order valence-corrected chi connectivity index (χ4v) is 2.58. The van der Waals surface area contributed by atoms with Gasteiger partial charge < -0.3 is 15.2 Å². The summed E-state index contributed by atoms with van der Waals surface area (Å²) in [5, 5.41) is 17.8. The summed E-state index contributed by atoms with van der Waals surface area (Å²) in [5.41, 5.74) is 2.58. The third-order valence-corrected chi connectivity index (χ3v) is 3.84. The molecule has 3 rings (SSSR count). The first-order chi connectivity index (χ1) is 12.0. The molecule has 9 nitrogen and oxygen atoms in total. The summed E-state index contributed by atoms with van der Waals surface area (Å²) in [6, 6.07) is 5.33. The highest BCUT2D eigenvalue weighted by Gasteiger charge is 2.13. The van der Waals surface area contributed by atoms with Gasteiger partial charge in [0.05, 0.1) is 6.54 Å². The van der Waals surface area contributed by atoms with Crippen LogP contribution in [0.1, 0.15) is 12.5 Å². The van der Waals surface area contributed by atoms with E-state index in [2.05, 4.69) is 30.9 Å². The molecule has 2 N–H and O–H groups in total. The van der Waals surface area contributed by atoms with Crippen molar-refractivity contribution in [2.45, 2.75) is 26.4 Å². The molecule has 0 saturated carbocycles. The molecule has 0 unspecified atom stereocenters. The lowest BCUT2D eigenvalue weighted by Gasteiger charge is -2.16. The van der Waals surface area contributed by atoms with Gasteiger partial charge in [-0.2, -0.15) is 5.10 Å². The Morgan fingerprint density at radius 1 is 1.32 bits per heavy atom. The first kappa shape index (κ1) is 16.6. The van der Waals surface area contributed by atoms with Gasteiger partial charge in [-0.3, -0.25) is 4.68 Å². The molecule has 0 radical (unpaired) electrons. The summed E-state index contributed by atoms with van der Waals surface area (Å²) >= 11 is 0. The van der Waals surface area contributed by atoms with E-state index in [1.807, 2.05) is 43.7 Å². The molecule has 0 bridgehead atoms. The summed E-state index contributed by atoms with van der Waals surface area (Å²) < 4.78 is 3.51. The molecule has 1 atom stereocenters. The maximum atomic E-state index is 12.3. The van der Waals surface area contributed by atoms with Gasteiger partial charge in [0, 0.05) is 24.3 Å². The topological polar surface area (TPSA) is 103 Å². The maximum absolute atomic E-state index is 12.3. The van der Waals surface area contributed by atoms with Gasteiger partial charge in [0.2, 0.25) is 0 Å². The Morgan fingerprint density at radius 2 is 2.16 bits per heavy atom. The first-order valence-corrected chi connectivity index (χ1v) is 7.88. The Balaban J connectivity index is 1.68. The normalized spacial score (nSPS) is 12.0. The number of carbonyl (C=O) groups excluding carboxylic acids is 1. The highest BCUT2D eigenvalue weighted by atomic mass is 16.2. The standard InChI is InChI=1S/C16H20N8O/c1-11(7-24-9-17-8-19-24)20-16(25)21-14-6-4-5-13(12(14)2)15-22-18-10-23(15)3/h4-6,8-11H,7H2,1-3H3,(H2,20,21,25)/t11-/m1/s1. The van der Waals surface area contributed by atoms with Crippen molar-refractivity contribution < 1.29 is 4.79 Å². The van der Waals surface area contributed by atoms with Crippen molar-refractivity contribution in [2.75, 3.05) is 5.32 Å². The van der Waals surface area contributed by atoms with E-state index in [0.717, 1.165) is 22.6 Å². The molecule has 0 aliphatic carbocycles. The number of nitrogens with zero attached hydrogens (tertiary/aromatic N) is 6. The number of nitrogens with one attached hydrogen (secondary N) is 2. The van der Waals surface area contributed by atoms with Crippen molar-refractivity contribution in [1.82, 2.24) is 34.8 Å². The number of hydrogen-bond acceptors (Lipinski definition) is 5. The second-order valence-electron chi connectivity index (χ2n) is 5.86. The number of carbonyl (C=O) groups is 1. The van der Waals surface area contributed by atoms with E-state index in [-0.39, 0.29) is 12.1 Å². The molecule has 2 amide bonds. The summed E-state index contributed by atoms with van der Waals surface area (Å²) in [7, 11) is 1.88. The lowest BCUT2D eigenvalue weighted by Crippen LogP contribution is -2.38. The van der Waals surface area contributed by atoms with Crippen LogP contribution in [0.5, 0.6) is 0 Å². The predicted molar refractivity (Wildman–Crippen MR) is 92.8 cm³/mol. The second kappa shape index (κ2) is 7.12. The van der Waals surface area contributed by atoms with E-state index < -0.39 is 0 Å². The van der Waals surface area contributed by atoms with Gasteiger partial charge in [-0.05, 0) is 25.5 Å². The predicted octanol–water partition coefficient (Wildman–Crippen LogP) is 1.59. The van der Waals surface area contributed by atoms with Crippen molar-refractivity contribution >= 4 is 11.7 Å². The minimum Gasteiger partial charge on any atom is -0.334 e. The SMILES string of the molecule is Cc1c(NC(=O)N[C@H](C)Cn2cncn2)cccc1-c1nncn1C. The third kappa shape index (κ3) is 3.82. The molecule has 2 heterocycles. The zero-order valence-corrected chi connectivity index (χ0v) is 14.3. The highest BCUT2D eigenvalue weighted by molar-refractivity contribution is 5.91. The van der Waals surface area contributed by atoms with Crippen LogP contribution in [-0.4, -0.2) is 41.6 Å². The molecule has 2 aromatic heterocycles. The quantitative estimate of drug-likeness (QED) is 0.734. The Kier molecular flexibility index (Phi) is 4.73. The van der Waals surface area contributed by atoms with Crippen LogP contribution >= 0.6 is 0 Å². The number of aromatic nitrogens is 6. The van der Waals surface area contributed by atoms with Crippen LogP contribution < -0.4 is 10.6 Å². The van der Waals surface area contributed by atoms with Gasteiger partial charge in [-0.15, -0.1) is 10.2 Å². The Hall–Kier alpha value is -3.23. The Labute approximate surface area is 145 Å². The van der Waals surface area contributed by atoms with Gasteiger partial charge in [0.15, 0.2) is 5.82 Å². The molecule has 1 aromatic carbocycles. The molecule has 3 aromatic rings. The first-order valence-electron chi connectivity index (χ1n) is 7.88. The van der Waals surface area contributed by atoms with Crippen molar-refractivity contribution in [3.8, 4) is 11.4 Å². The Morgan fingerprint density at radius 3 is 2.84 bits per heavy atom. The summed E-state index contributed by atoms with van der Waals surface area (Å²) in [6.45, 7) is 4.40. The van der Waals surface area contributed by atoms with Gasteiger partial charge in [0.1, 0.15) is 19.0 Å². The van der Waals surface area contributed by atoms with E-state index in [9.17, 15) is 4.79 Å². The number of benzene rings is 1. The monoisotopic (exact) mass is 340 g/mol. The number of hydrogen-bond donors (Lipinski definition) is 2. The molecule has 0 spiro atoms. The van der Waals surface area contributed by atoms with Gasteiger partial charge >= 0.3 is 6.03 Å². The largest absolute Gasteiger partial charge is 0.334 e. The van der Waals surface area contributed by atoms with Crippen LogP contribution in [0.25, 0.3) is 11.4 Å². The van der Waals surface area contributed by atoms with Gasteiger partial charge in [-0.25, -0.2) is 9.78 Å². The molecule has 0 saturated heterocycles. The number of rotatable bonds is 5. The summed E-state index contributed by atoms with van der Waals surface area (Å²) in [5.74, 6) is 0.751.